The minimum absolute atomic E-state index is 0.00437. The van der Waals surface area contributed by atoms with E-state index in [1.54, 1.807) is 71.3 Å². The molecule has 0 bridgehead atoms. The van der Waals surface area contributed by atoms with Gasteiger partial charge in [-0.15, -0.1) is 0 Å². The van der Waals surface area contributed by atoms with Crippen LogP contribution in [0.1, 0.15) is 39.4 Å². The van der Waals surface area contributed by atoms with Crippen molar-refractivity contribution in [1.29, 1.82) is 0 Å². The van der Waals surface area contributed by atoms with Crippen LogP contribution in [0.4, 0.5) is 10.2 Å². The van der Waals surface area contributed by atoms with Crippen LogP contribution in [-0.4, -0.2) is 56.0 Å². The molecule has 238 valence electrons. The number of rotatable bonds is 10. The topological polar surface area (TPSA) is 117 Å². The van der Waals surface area contributed by atoms with E-state index in [9.17, 15) is 14.0 Å². The van der Waals surface area contributed by atoms with E-state index >= 15 is 0 Å². The van der Waals surface area contributed by atoms with Gasteiger partial charge in [-0.1, -0.05) is 31.8 Å². The Kier molecular flexibility index (Phi) is 7.64. The van der Waals surface area contributed by atoms with Gasteiger partial charge in [0.05, 0.1) is 28.5 Å². The van der Waals surface area contributed by atoms with E-state index in [4.69, 9.17) is 14.5 Å². The van der Waals surface area contributed by atoms with Crippen molar-refractivity contribution in [2.45, 2.75) is 45.4 Å². The zero-order chi connectivity index (χ0) is 32.9. The van der Waals surface area contributed by atoms with Crippen molar-refractivity contribution >= 4 is 47.6 Å². The maximum absolute atomic E-state index is 14.3. The number of pyridine rings is 2. The third kappa shape index (κ3) is 5.79. The molecular weight excluding hydrogens is 618 g/mol. The van der Waals surface area contributed by atoms with Crippen LogP contribution >= 0.6 is 0 Å². The Labute approximate surface area is 270 Å². The second-order valence-electron chi connectivity index (χ2n) is 12.6. The molecule has 0 N–H and O–H groups in total. The van der Waals surface area contributed by atoms with Crippen molar-refractivity contribution in [1.82, 2.24) is 29.5 Å². The minimum atomic E-state index is -1.26. The lowest BCUT2D eigenvalue weighted by Crippen LogP contribution is -2.31. The van der Waals surface area contributed by atoms with Gasteiger partial charge in [0.2, 0.25) is 0 Å². The van der Waals surface area contributed by atoms with Crippen molar-refractivity contribution in [2.24, 2.45) is 0 Å². The number of aromatic nitrogens is 6. The zero-order valence-corrected chi connectivity index (χ0v) is 27.3. The molecule has 0 unspecified atom stereocenters. The summed E-state index contributed by atoms with van der Waals surface area (Å²) in [6, 6.07) is 17.0. The van der Waals surface area contributed by atoms with Crippen LogP contribution in [0.25, 0.3) is 27.6 Å². The minimum Gasteiger partial charge on any atom is -0.480 e. The normalized spacial score (nSPS) is 13.9. The van der Waals surface area contributed by atoms with E-state index in [1.165, 1.54) is 18.2 Å². The highest BCUT2D eigenvalue weighted by Crippen LogP contribution is 2.38. The molecule has 7 rings (SSSR count). The molecule has 5 heterocycles. The molecule has 0 fully saturated rings. The Morgan fingerprint density at radius 2 is 1.68 bits per heavy atom. The number of carbonyl (C=O) groups excluding carboxylic acids is 2. The molecule has 13 heteroatoms. The monoisotopic (exact) mass is 649 g/mol. The van der Waals surface area contributed by atoms with E-state index < -0.39 is 31.8 Å². The average Bonchev–Trinajstić information content (AvgIpc) is 3.77. The Morgan fingerprint density at radius 3 is 2.38 bits per heavy atom. The molecule has 1 aliphatic rings. The van der Waals surface area contributed by atoms with Crippen LogP contribution in [-0.2, 0) is 11.5 Å². The molecule has 2 amide bonds. The maximum Gasteiger partial charge on any atom is 0.267 e. The van der Waals surface area contributed by atoms with Crippen LogP contribution < -0.4 is 9.64 Å². The summed E-state index contributed by atoms with van der Waals surface area (Å²) in [4.78, 5) is 37.7. The highest BCUT2D eigenvalue weighted by atomic mass is 28.3. The fourth-order valence-electron chi connectivity index (χ4n) is 5.52. The van der Waals surface area contributed by atoms with E-state index in [-0.39, 0.29) is 29.4 Å². The van der Waals surface area contributed by atoms with Crippen LogP contribution in [0.15, 0.2) is 79.3 Å². The molecule has 0 saturated carbocycles. The van der Waals surface area contributed by atoms with Gasteiger partial charge in [0.15, 0.2) is 17.2 Å². The van der Waals surface area contributed by atoms with E-state index in [0.29, 0.717) is 34.5 Å². The largest absolute Gasteiger partial charge is 0.480 e. The molecule has 1 aliphatic heterocycles. The molecule has 2 aromatic carbocycles. The highest BCUT2D eigenvalue weighted by molar-refractivity contribution is 6.76. The Morgan fingerprint density at radius 1 is 0.915 bits per heavy atom. The first-order valence-electron chi connectivity index (χ1n) is 15.3. The van der Waals surface area contributed by atoms with E-state index in [2.05, 4.69) is 34.8 Å². The number of benzene rings is 2. The van der Waals surface area contributed by atoms with Gasteiger partial charge in [-0.25, -0.2) is 28.6 Å². The van der Waals surface area contributed by atoms with Crippen LogP contribution in [0.3, 0.4) is 0 Å². The smallest absolute Gasteiger partial charge is 0.267 e. The van der Waals surface area contributed by atoms with E-state index in [1.807, 2.05) is 6.07 Å². The third-order valence-corrected chi connectivity index (χ3v) is 9.70. The van der Waals surface area contributed by atoms with Crippen LogP contribution in [0.2, 0.25) is 25.7 Å². The summed E-state index contributed by atoms with van der Waals surface area (Å²) in [5.74, 6) is -1.38. The summed E-state index contributed by atoms with van der Waals surface area (Å²) in [6.45, 7) is 9.56. The number of ether oxygens (including phenoxy) is 2. The lowest BCUT2D eigenvalue weighted by Gasteiger charge is -2.22. The second-order valence-corrected chi connectivity index (χ2v) is 18.3. The molecule has 11 nitrogen and oxygen atoms in total. The Hall–Kier alpha value is -5.27. The number of fused-ring (bicyclic) bond motifs is 3. The molecule has 47 heavy (non-hydrogen) atoms. The average molecular weight is 650 g/mol. The van der Waals surface area contributed by atoms with Gasteiger partial charge in [-0.05, 0) is 61.5 Å². The van der Waals surface area contributed by atoms with Crippen molar-refractivity contribution in [3.63, 3.8) is 0 Å². The molecule has 4 aromatic heterocycles. The summed E-state index contributed by atoms with van der Waals surface area (Å²) in [5, 5.41) is 10.2. The van der Waals surface area contributed by atoms with Gasteiger partial charge >= 0.3 is 0 Å². The number of amides is 2. The first kappa shape index (κ1) is 30.4. The van der Waals surface area contributed by atoms with E-state index in [0.717, 1.165) is 16.3 Å². The first-order valence-corrected chi connectivity index (χ1v) is 19.0. The van der Waals surface area contributed by atoms with Crippen molar-refractivity contribution in [2.75, 3.05) is 11.5 Å². The molecule has 1 atom stereocenters. The first-order chi connectivity index (χ1) is 22.6. The third-order valence-electron chi connectivity index (χ3n) is 8.00. The molecule has 0 aliphatic carbocycles. The fourth-order valence-corrected chi connectivity index (χ4v) is 6.28. The number of imide groups is 1. The zero-order valence-electron chi connectivity index (χ0n) is 26.3. The van der Waals surface area contributed by atoms with Gasteiger partial charge in [0.25, 0.3) is 11.8 Å². The summed E-state index contributed by atoms with van der Waals surface area (Å²) < 4.78 is 30.2. The van der Waals surface area contributed by atoms with Gasteiger partial charge in [-0.3, -0.25) is 9.59 Å². The lowest BCUT2D eigenvalue weighted by atomic mass is 10.1. The summed E-state index contributed by atoms with van der Waals surface area (Å²) in [5.41, 5.74) is 2.69. The summed E-state index contributed by atoms with van der Waals surface area (Å²) in [6.07, 6.45) is 4.44. The summed E-state index contributed by atoms with van der Waals surface area (Å²) >= 11 is 0. The number of anilines is 1. The lowest BCUT2D eigenvalue weighted by molar-refractivity contribution is 0.0812. The number of hydrogen-bond donors (Lipinski definition) is 0. The van der Waals surface area contributed by atoms with Crippen molar-refractivity contribution in [3.8, 4) is 11.4 Å². The van der Waals surface area contributed by atoms with Gasteiger partial charge in [-0.2, -0.15) is 10.2 Å². The molecule has 0 radical (unpaired) electrons. The van der Waals surface area contributed by atoms with Gasteiger partial charge < -0.3 is 9.47 Å². The van der Waals surface area contributed by atoms with Crippen LogP contribution in [0, 0.1) is 5.82 Å². The molecule has 6 aromatic rings. The Bertz CT molecular complexity index is 2130. The predicted molar refractivity (Wildman–Crippen MR) is 177 cm³/mol. The summed E-state index contributed by atoms with van der Waals surface area (Å²) in [7, 11) is -1.26. The number of hydrogen-bond acceptors (Lipinski definition) is 8. The van der Waals surface area contributed by atoms with Gasteiger partial charge in [0.1, 0.15) is 24.3 Å². The quantitative estimate of drug-likeness (QED) is 0.0931. The highest BCUT2D eigenvalue weighted by Gasteiger charge is 2.39. The van der Waals surface area contributed by atoms with Crippen molar-refractivity contribution in [3.05, 3.63) is 102 Å². The van der Waals surface area contributed by atoms with Gasteiger partial charge in [0, 0.05) is 37.8 Å². The van der Waals surface area contributed by atoms with Crippen LogP contribution in [0.5, 0.6) is 5.75 Å². The Balaban J connectivity index is 1.30. The predicted octanol–water partition coefficient (Wildman–Crippen LogP) is 6.56. The second kappa shape index (κ2) is 11.8. The molecular formula is C34H32FN7O4Si. The maximum atomic E-state index is 14.3. The number of halogens is 1. The standard InChI is InChI=1S/C34H32FN7O4Si/c1-21(30-28(40-13-7-12-36-40)17-23-19-37-41(31(23)39-30)20-45-14-15-47(2,3)4)46-29-18-22-16-24(35)10-11-27(22)38-32(29)42-33(43)25-8-5-6-9-26(25)34(42)44/h5-13,16-19,21H,14-15,20H2,1-4H3/t21-/m0/s1. The number of carbonyl (C=O) groups is 2. The number of nitrogens with zero attached hydrogens (tertiary/aromatic N) is 7. The SMILES string of the molecule is C[C@H](Oc1cc2cc(F)ccc2nc1N1C(=O)c2ccccc2C1=O)c1nc2c(cnn2COCC[Si](C)(C)C)cc1-n1cccn1. The fraction of sp³-hybridized carbons (Fsp3) is 0.235. The molecule has 0 spiro atoms. The molecule has 0 saturated heterocycles. The van der Waals surface area contributed by atoms with Crippen molar-refractivity contribution < 1.29 is 23.5 Å².